The van der Waals surface area contributed by atoms with E-state index in [4.69, 9.17) is 4.74 Å². The molecule has 1 unspecified atom stereocenters. The lowest BCUT2D eigenvalue weighted by atomic mass is 9.96. The van der Waals surface area contributed by atoms with Crippen LogP contribution in [0.5, 0.6) is 5.75 Å². The summed E-state index contributed by atoms with van der Waals surface area (Å²) >= 11 is 0. The Labute approximate surface area is 104 Å². The summed E-state index contributed by atoms with van der Waals surface area (Å²) in [5.41, 5.74) is -1.28. The first-order valence-electron chi connectivity index (χ1n) is 5.97. The van der Waals surface area contributed by atoms with Gasteiger partial charge in [-0.05, 0) is 38.4 Å². The molecule has 0 amide bonds. The van der Waals surface area contributed by atoms with Gasteiger partial charge in [-0.15, -0.1) is 0 Å². The van der Waals surface area contributed by atoms with Gasteiger partial charge in [0.1, 0.15) is 11.4 Å². The third-order valence-corrected chi connectivity index (χ3v) is 3.11. The van der Waals surface area contributed by atoms with Gasteiger partial charge in [0.05, 0.1) is 5.56 Å². The number of hydrogen-bond acceptors (Lipinski definition) is 2. The van der Waals surface area contributed by atoms with Crippen LogP contribution in [-0.2, 0) is 6.18 Å². The molecule has 1 N–H and O–H groups in total. The molecule has 0 spiro atoms. The molecule has 5 heteroatoms. The minimum absolute atomic E-state index is 0.0869. The Morgan fingerprint density at radius 3 is 2.61 bits per heavy atom. The van der Waals surface area contributed by atoms with Crippen LogP contribution in [-0.4, -0.2) is 18.7 Å². The zero-order chi connectivity index (χ0) is 13.2. The minimum atomic E-state index is -4.38. The molecule has 0 bridgehead atoms. The molecule has 100 valence electrons. The average molecular weight is 259 g/mol. The molecule has 1 aromatic carbocycles. The van der Waals surface area contributed by atoms with Crippen LogP contribution in [0.3, 0.4) is 0 Å². The van der Waals surface area contributed by atoms with Gasteiger partial charge in [-0.2, -0.15) is 13.2 Å². The van der Waals surface area contributed by atoms with Gasteiger partial charge in [-0.1, -0.05) is 12.1 Å². The molecule has 1 heterocycles. The van der Waals surface area contributed by atoms with E-state index in [9.17, 15) is 13.2 Å². The van der Waals surface area contributed by atoms with Crippen molar-refractivity contribution in [2.75, 3.05) is 13.1 Å². The van der Waals surface area contributed by atoms with Gasteiger partial charge < -0.3 is 10.1 Å². The molecule has 1 aromatic rings. The van der Waals surface area contributed by atoms with Crippen LogP contribution in [0.15, 0.2) is 24.3 Å². The quantitative estimate of drug-likeness (QED) is 0.880. The van der Waals surface area contributed by atoms with Crippen molar-refractivity contribution in [1.29, 1.82) is 0 Å². The van der Waals surface area contributed by atoms with Crippen LogP contribution in [0, 0.1) is 0 Å². The molecule has 0 aliphatic carbocycles. The van der Waals surface area contributed by atoms with E-state index in [0.29, 0.717) is 6.54 Å². The highest BCUT2D eigenvalue weighted by Crippen LogP contribution is 2.38. The molecule has 18 heavy (non-hydrogen) atoms. The first kappa shape index (κ1) is 13.2. The van der Waals surface area contributed by atoms with Crippen molar-refractivity contribution < 1.29 is 17.9 Å². The predicted octanol–water partition coefficient (Wildman–Crippen LogP) is 3.23. The Hall–Kier alpha value is -1.23. The maximum atomic E-state index is 12.8. The van der Waals surface area contributed by atoms with Crippen LogP contribution in [0.2, 0.25) is 0 Å². The van der Waals surface area contributed by atoms with E-state index >= 15 is 0 Å². The molecule has 2 rings (SSSR count). The third-order valence-electron chi connectivity index (χ3n) is 3.11. The van der Waals surface area contributed by atoms with E-state index in [1.54, 1.807) is 6.07 Å². The van der Waals surface area contributed by atoms with Crippen molar-refractivity contribution in [3.63, 3.8) is 0 Å². The second-order valence-corrected chi connectivity index (χ2v) is 4.83. The molecule has 0 radical (unpaired) electrons. The summed E-state index contributed by atoms with van der Waals surface area (Å²) < 4.78 is 44.1. The second kappa shape index (κ2) is 4.80. The fourth-order valence-electron chi connectivity index (χ4n) is 2.17. The topological polar surface area (TPSA) is 21.3 Å². The second-order valence-electron chi connectivity index (χ2n) is 4.83. The number of hydrogen-bond donors (Lipinski definition) is 1. The minimum Gasteiger partial charge on any atom is -0.486 e. The van der Waals surface area contributed by atoms with Gasteiger partial charge in [-0.3, -0.25) is 0 Å². The number of ether oxygens (including phenoxy) is 1. The Kier molecular flexibility index (Phi) is 3.52. The maximum Gasteiger partial charge on any atom is 0.419 e. The molecule has 0 aromatic heterocycles. The Morgan fingerprint density at radius 1 is 1.28 bits per heavy atom. The Bertz CT molecular complexity index is 411. The first-order chi connectivity index (χ1) is 8.41. The number of piperidine rings is 1. The Morgan fingerprint density at radius 2 is 2.00 bits per heavy atom. The standard InChI is InChI=1S/C13H16F3NO/c1-12(7-4-8-17-9-12)18-11-6-3-2-5-10(11)13(14,15)16/h2-3,5-6,17H,4,7-9H2,1H3. The maximum absolute atomic E-state index is 12.8. The van der Waals surface area contributed by atoms with Crippen molar-refractivity contribution in [2.24, 2.45) is 0 Å². The van der Waals surface area contributed by atoms with Crippen LogP contribution in [0.25, 0.3) is 0 Å². The molecule has 1 atom stereocenters. The van der Waals surface area contributed by atoms with Crippen LogP contribution < -0.4 is 10.1 Å². The summed E-state index contributed by atoms with van der Waals surface area (Å²) in [7, 11) is 0. The number of rotatable bonds is 2. The zero-order valence-corrected chi connectivity index (χ0v) is 10.2. The molecule has 0 saturated carbocycles. The highest BCUT2D eigenvalue weighted by molar-refractivity contribution is 5.36. The molecule has 1 aliphatic heterocycles. The zero-order valence-electron chi connectivity index (χ0n) is 10.2. The van der Waals surface area contributed by atoms with Gasteiger partial charge >= 0.3 is 6.18 Å². The van der Waals surface area contributed by atoms with Gasteiger partial charge in [0.25, 0.3) is 0 Å². The first-order valence-corrected chi connectivity index (χ1v) is 5.97. The highest BCUT2D eigenvalue weighted by Gasteiger charge is 2.37. The van der Waals surface area contributed by atoms with Crippen molar-refractivity contribution in [2.45, 2.75) is 31.5 Å². The molecule has 1 fully saturated rings. The normalized spacial score (nSPS) is 24.9. The fraction of sp³-hybridized carbons (Fsp3) is 0.538. The number of nitrogens with one attached hydrogen (secondary N) is 1. The number of alkyl halides is 3. The summed E-state index contributed by atoms with van der Waals surface area (Å²) in [6.07, 6.45) is -2.72. The van der Waals surface area contributed by atoms with Crippen molar-refractivity contribution in [1.82, 2.24) is 5.32 Å². The average Bonchev–Trinajstić information content (AvgIpc) is 2.28. The SMILES string of the molecule is CC1(Oc2ccccc2C(F)(F)F)CCCNC1. The third kappa shape index (κ3) is 2.96. The van der Waals surface area contributed by atoms with Crippen molar-refractivity contribution in [3.8, 4) is 5.75 Å². The number of benzene rings is 1. The Balaban J connectivity index is 2.23. The fourth-order valence-corrected chi connectivity index (χ4v) is 2.17. The van der Waals surface area contributed by atoms with E-state index in [1.807, 2.05) is 6.92 Å². The van der Waals surface area contributed by atoms with Gasteiger partial charge in [-0.25, -0.2) is 0 Å². The van der Waals surface area contributed by atoms with Gasteiger partial charge in [0.15, 0.2) is 0 Å². The van der Waals surface area contributed by atoms with E-state index in [2.05, 4.69) is 5.32 Å². The van der Waals surface area contributed by atoms with Crippen LogP contribution in [0.1, 0.15) is 25.3 Å². The lowest BCUT2D eigenvalue weighted by Gasteiger charge is -2.35. The molecule has 1 saturated heterocycles. The van der Waals surface area contributed by atoms with E-state index in [0.717, 1.165) is 25.5 Å². The summed E-state index contributed by atoms with van der Waals surface area (Å²) in [4.78, 5) is 0. The predicted molar refractivity (Wildman–Crippen MR) is 62.6 cm³/mol. The van der Waals surface area contributed by atoms with E-state index in [1.165, 1.54) is 12.1 Å². The smallest absolute Gasteiger partial charge is 0.419 e. The van der Waals surface area contributed by atoms with Crippen molar-refractivity contribution in [3.05, 3.63) is 29.8 Å². The highest BCUT2D eigenvalue weighted by atomic mass is 19.4. The van der Waals surface area contributed by atoms with E-state index in [-0.39, 0.29) is 5.75 Å². The van der Waals surface area contributed by atoms with E-state index < -0.39 is 17.3 Å². The molecular weight excluding hydrogens is 243 g/mol. The lowest BCUT2D eigenvalue weighted by molar-refractivity contribution is -0.140. The largest absolute Gasteiger partial charge is 0.486 e. The number of halogens is 3. The summed E-state index contributed by atoms with van der Waals surface area (Å²) in [5, 5.41) is 3.15. The van der Waals surface area contributed by atoms with Crippen LogP contribution >= 0.6 is 0 Å². The molecule has 1 aliphatic rings. The monoisotopic (exact) mass is 259 g/mol. The lowest BCUT2D eigenvalue weighted by Crippen LogP contribution is -2.47. The van der Waals surface area contributed by atoms with Crippen LogP contribution in [0.4, 0.5) is 13.2 Å². The van der Waals surface area contributed by atoms with Gasteiger partial charge in [0.2, 0.25) is 0 Å². The summed E-state index contributed by atoms with van der Waals surface area (Å²) in [6.45, 7) is 3.30. The number of para-hydroxylation sites is 1. The molecule has 2 nitrogen and oxygen atoms in total. The summed E-state index contributed by atoms with van der Waals surface area (Å²) in [5.74, 6) is -0.0869. The summed E-state index contributed by atoms with van der Waals surface area (Å²) in [6, 6.07) is 5.36. The van der Waals surface area contributed by atoms with Crippen molar-refractivity contribution >= 4 is 0 Å². The van der Waals surface area contributed by atoms with Gasteiger partial charge in [0, 0.05) is 6.54 Å². The molecular formula is C13H16F3NO.